The molecule has 2 amide bonds. The van der Waals surface area contributed by atoms with Gasteiger partial charge in [0.05, 0.1) is 4.92 Å². The number of hydrogen-bond donors (Lipinski definition) is 2. The molecular formula is C22H19N3O4. The van der Waals surface area contributed by atoms with E-state index in [1.54, 1.807) is 24.3 Å². The van der Waals surface area contributed by atoms with Gasteiger partial charge in [-0.25, -0.2) is 0 Å². The molecule has 146 valence electrons. The van der Waals surface area contributed by atoms with Gasteiger partial charge in [0.1, 0.15) is 5.56 Å². The van der Waals surface area contributed by atoms with E-state index in [9.17, 15) is 19.7 Å². The number of nitrogens with zero attached hydrogens (tertiary/aromatic N) is 1. The smallest absolute Gasteiger partial charge is 0.282 e. The normalized spacial score (nSPS) is 10.3. The van der Waals surface area contributed by atoms with Crippen molar-refractivity contribution in [1.82, 2.24) is 0 Å². The summed E-state index contributed by atoms with van der Waals surface area (Å²) in [4.78, 5) is 36.0. The minimum absolute atomic E-state index is 0.0902. The van der Waals surface area contributed by atoms with Gasteiger partial charge in [-0.05, 0) is 49.2 Å². The number of para-hydroxylation sites is 2. The fourth-order valence-corrected chi connectivity index (χ4v) is 2.83. The van der Waals surface area contributed by atoms with Crippen molar-refractivity contribution in [2.45, 2.75) is 13.8 Å². The van der Waals surface area contributed by atoms with Gasteiger partial charge in [-0.2, -0.15) is 0 Å². The second-order valence-electron chi connectivity index (χ2n) is 6.53. The third kappa shape index (κ3) is 4.47. The van der Waals surface area contributed by atoms with Gasteiger partial charge in [0.2, 0.25) is 0 Å². The standard InChI is InChI=1S/C22H19N3O4/c1-14-7-3-5-9-18(14)23-21(26)16-11-12-17(20(13-16)25(28)29)22(27)24-19-10-6-4-8-15(19)2/h3-13H,1-2H3,(H,23,26)(H,24,27). The monoisotopic (exact) mass is 389 g/mol. The van der Waals surface area contributed by atoms with Gasteiger partial charge < -0.3 is 10.6 Å². The van der Waals surface area contributed by atoms with E-state index in [0.717, 1.165) is 17.2 Å². The van der Waals surface area contributed by atoms with Crippen LogP contribution in [-0.2, 0) is 0 Å². The summed E-state index contributed by atoms with van der Waals surface area (Å²) in [5, 5.41) is 16.9. The Hall–Kier alpha value is -4.00. The average molecular weight is 389 g/mol. The van der Waals surface area contributed by atoms with Crippen LogP contribution in [0.15, 0.2) is 66.7 Å². The van der Waals surface area contributed by atoms with E-state index in [1.807, 2.05) is 38.1 Å². The molecule has 3 aromatic rings. The summed E-state index contributed by atoms with van der Waals surface area (Å²) in [5.41, 5.74) is 2.41. The number of rotatable bonds is 5. The van der Waals surface area contributed by atoms with E-state index < -0.39 is 22.4 Å². The van der Waals surface area contributed by atoms with Crippen molar-refractivity contribution >= 4 is 28.9 Å². The molecule has 0 aliphatic heterocycles. The van der Waals surface area contributed by atoms with E-state index in [1.165, 1.54) is 12.1 Å². The number of benzene rings is 3. The fourth-order valence-electron chi connectivity index (χ4n) is 2.83. The Labute approximate surface area is 167 Å². The van der Waals surface area contributed by atoms with E-state index >= 15 is 0 Å². The van der Waals surface area contributed by atoms with E-state index in [2.05, 4.69) is 10.6 Å². The Bertz CT molecular complexity index is 1110. The van der Waals surface area contributed by atoms with Crippen molar-refractivity contribution in [2.75, 3.05) is 10.6 Å². The molecule has 7 nitrogen and oxygen atoms in total. The van der Waals surface area contributed by atoms with Gasteiger partial charge in [-0.1, -0.05) is 36.4 Å². The number of anilines is 2. The van der Waals surface area contributed by atoms with Crippen molar-refractivity contribution in [2.24, 2.45) is 0 Å². The zero-order chi connectivity index (χ0) is 21.0. The number of carbonyl (C=O) groups is 2. The Balaban J connectivity index is 1.88. The third-order valence-electron chi connectivity index (χ3n) is 4.49. The molecule has 0 heterocycles. The van der Waals surface area contributed by atoms with Crippen molar-refractivity contribution in [1.29, 1.82) is 0 Å². The number of hydrogen-bond acceptors (Lipinski definition) is 4. The van der Waals surface area contributed by atoms with Gasteiger partial charge in [0.15, 0.2) is 0 Å². The van der Waals surface area contributed by atoms with Gasteiger partial charge in [0.25, 0.3) is 17.5 Å². The van der Waals surface area contributed by atoms with Crippen molar-refractivity contribution in [3.05, 3.63) is 99.1 Å². The molecule has 0 saturated carbocycles. The first kappa shape index (κ1) is 19.8. The van der Waals surface area contributed by atoms with Crippen LogP contribution in [0.2, 0.25) is 0 Å². The summed E-state index contributed by atoms with van der Waals surface area (Å²) < 4.78 is 0. The molecule has 0 aliphatic carbocycles. The number of aryl methyl sites for hydroxylation is 2. The van der Waals surface area contributed by atoms with Crippen LogP contribution in [0.1, 0.15) is 31.8 Å². The Morgan fingerprint density at radius 1 is 0.793 bits per heavy atom. The molecule has 0 fully saturated rings. The molecule has 0 radical (unpaired) electrons. The van der Waals surface area contributed by atoms with Crippen molar-refractivity contribution in [3.63, 3.8) is 0 Å². The van der Waals surface area contributed by atoms with Crippen LogP contribution in [0, 0.1) is 24.0 Å². The Morgan fingerprint density at radius 2 is 1.31 bits per heavy atom. The van der Waals surface area contributed by atoms with Crippen LogP contribution < -0.4 is 10.6 Å². The summed E-state index contributed by atoms with van der Waals surface area (Å²) in [6.07, 6.45) is 0. The SMILES string of the molecule is Cc1ccccc1NC(=O)c1ccc(C(=O)Nc2ccccc2C)c([N+](=O)[O-])c1. The summed E-state index contributed by atoms with van der Waals surface area (Å²) in [6.45, 7) is 3.67. The first-order valence-corrected chi connectivity index (χ1v) is 8.89. The van der Waals surface area contributed by atoms with Crippen LogP contribution in [0.3, 0.4) is 0 Å². The molecular weight excluding hydrogens is 370 g/mol. The lowest BCUT2D eigenvalue weighted by Crippen LogP contribution is -2.17. The number of carbonyl (C=O) groups excluding carboxylic acids is 2. The summed E-state index contributed by atoms with van der Waals surface area (Å²) >= 11 is 0. The lowest BCUT2D eigenvalue weighted by Gasteiger charge is -2.10. The molecule has 0 unspecified atom stereocenters. The van der Waals surface area contributed by atoms with Crippen LogP contribution in [0.4, 0.5) is 17.1 Å². The summed E-state index contributed by atoms with van der Waals surface area (Å²) in [7, 11) is 0. The zero-order valence-electron chi connectivity index (χ0n) is 15.9. The molecule has 3 rings (SSSR count). The highest BCUT2D eigenvalue weighted by atomic mass is 16.6. The quantitative estimate of drug-likeness (QED) is 0.487. The van der Waals surface area contributed by atoms with Crippen LogP contribution in [0.5, 0.6) is 0 Å². The number of amides is 2. The second-order valence-corrected chi connectivity index (χ2v) is 6.53. The molecule has 2 N–H and O–H groups in total. The molecule has 0 spiro atoms. The van der Waals surface area contributed by atoms with Gasteiger partial charge >= 0.3 is 0 Å². The highest BCUT2D eigenvalue weighted by molar-refractivity contribution is 6.10. The molecule has 3 aromatic carbocycles. The van der Waals surface area contributed by atoms with Gasteiger partial charge in [-0.15, -0.1) is 0 Å². The number of nitro benzene ring substituents is 1. The maximum atomic E-state index is 12.6. The van der Waals surface area contributed by atoms with Crippen LogP contribution in [-0.4, -0.2) is 16.7 Å². The molecule has 0 saturated heterocycles. The van der Waals surface area contributed by atoms with Gasteiger partial charge in [0, 0.05) is 23.0 Å². The number of nitrogens with one attached hydrogen (secondary N) is 2. The van der Waals surface area contributed by atoms with E-state index in [-0.39, 0.29) is 11.1 Å². The van der Waals surface area contributed by atoms with E-state index in [4.69, 9.17) is 0 Å². The maximum absolute atomic E-state index is 12.6. The highest BCUT2D eigenvalue weighted by Gasteiger charge is 2.23. The molecule has 0 atom stereocenters. The predicted molar refractivity (Wildman–Crippen MR) is 111 cm³/mol. The fraction of sp³-hybridized carbons (Fsp3) is 0.0909. The average Bonchev–Trinajstić information content (AvgIpc) is 2.70. The minimum Gasteiger partial charge on any atom is -0.322 e. The lowest BCUT2D eigenvalue weighted by molar-refractivity contribution is -0.385. The summed E-state index contributed by atoms with van der Waals surface area (Å²) in [6, 6.07) is 18.1. The first-order valence-electron chi connectivity index (χ1n) is 8.89. The lowest BCUT2D eigenvalue weighted by atomic mass is 10.1. The largest absolute Gasteiger partial charge is 0.322 e. The van der Waals surface area contributed by atoms with Crippen molar-refractivity contribution in [3.8, 4) is 0 Å². The maximum Gasteiger partial charge on any atom is 0.282 e. The molecule has 0 bridgehead atoms. The predicted octanol–water partition coefficient (Wildman–Crippen LogP) is 4.72. The molecule has 0 aromatic heterocycles. The van der Waals surface area contributed by atoms with Crippen molar-refractivity contribution < 1.29 is 14.5 Å². The minimum atomic E-state index is -0.669. The van der Waals surface area contributed by atoms with E-state index in [0.29, 0.717) is 11.4 Å². The third-order valence-corrected chi connectivity index (χ3v) is 4.49. The molecule has 29 heavy (non-hydrogen) atoms. The Morgan fingerprint density at radius 3 is 1.83 bits per heavy atom. The van der Waals surface area contributed by atoms with Crippen LogP contribution >= 0.6 is 0 Å². The number of nitro groups is 1. The second kappa shape index (κ2) is 8.35. The first-order chi connectivity index (χ1) is 13.9. The summed E-state index contributed by atoms with van der Waals surface area (Å²) in [5.74, 6) is -1.11. The highest BCUT2D eigenvalue weighted by Crippen LogP contribution is 2.24. The zero-order valence-corrected chi connectivity index (χ0v) is 15.9. The molecule has 0 aliphatic rings. The molecule has 7 heteroatoms. The topological polar surface area (TPSA) is 101 Å². The Kier molecular flexibility index (Phi) is 5.69. The van der Waals surface area contributed by atoms with Gasteiger partial charge in [-0.3, -0.25) is 19.7 Å². The van der Waals surface area contributed by atoms with Crippen LogP contribution in [0.25, 0.3) is 0 Å².